The van der Waals surface area contributed by atoms with Crippen molar-refractivity contribution in [3.05, 3.63) is 101 Å². The van der Waals surface area contributed by atoms with Crippen LogP contribution in [-0.2, 0) is 4.79 Å². The molecule has 3 heteroatoms. The summed E-state index contributed by atoms with van der Waals surface area (Å²) in [6.45, 7) is 5.70. The van der Waals surface area contributed by atoms with Gasteiger partial charge in [0.25, 0.3) is 0 Å². The van der Waals surface area contributed by atoms with Crippen molar-refractivity contribution in [2.24, 2.45) is 0 Å². The minimum Gasteiger partial charge on any atom is -0.426 e. The molecule has 0 aliphatic carbocycles. The minimum atomic E-state index is -0.478. The average Bonchev–Trinajstić information content (AvgIpc) is 2.69. The molecule has 0 unspecified atom stereocenters. The summed E-state index contributed by atoms with van der Waals surface area (Å²) >= 11 is 0. The number of rotatable bonds is 5. The van der Waals surface area contributed by atoms with Crippen molar-refractivity contribution in [1.29, 1.82) is 0 Å². The summed E-state index contributed by atoms with van der Waals surface area (Å²) in [5.74, 6) is -0.318. The third kappa shape index (κ3) is 4.32. The summed E-state index contributed by atoms with van der Waals surface area (Å²) in [5.41, 5.74) is 3.98. The largest absolute Gasteiger partial charge is 0.426 e. The Morgan fingerprint density at radius 1 is 0.815 bits per heavy atom. The molecule has 3 rings (SSSR count). The summed E-state index contributed by atoms with van der Waals surface area (Å²) in [5, 5.41) is 0. The topological polar surface area (TPSA) is 43.4 Å². The number of esters is 1. The Bertz CT molecular complexity index is 974. The van der Waals surface area contributed by atoms with Crippen LogP contribution < -0.4 is 4.74 Å². The normalized spacial score (nSPS) is 11.7. The number of hydrogen-bond donors (Lipinski definition) is 0. The van der Waals surface area contributed by atoms with Gasteiger partial charge in [0.1, 0.15) is 5.75 Å². The summed E-state index contributed by atoms with van der Waals surface area (Å²) < 4.78 is 5.58. The SMILES string of the molecule is Cc1ccc(OC(=O)[C@H](C)c2cccc(C(=O)c3ccccc3)c2)c(C)c1. The number of aryl methyl sites for hydroxylation is 2. The fraction of sp³-hybridized carbons (Fsp3) is 0.167. The van der Waals surface area contributed by atoms with E-state index in [-0.39, 0.29) is 11.8 Å². The highest BCUT2D eigenvalue weighted by molar-refractivity contribution is 6.09. The second kappa shape index (κ2) is 8.00. The molecule has 136 valence electrons. The van der Waals surface area contributed by atoms with Gasteiger partial charge >= 0.3 is 5.97 Å². The highest BCUT2D eigenvalue weighted by Gasteiger charge is 2.20. The number of ether oxygens (including phenoxy) is 1. The van der Waals surface area contributed by atoms with Crippen LogP contribution in [0.4, 0.5) is 0 Å². The molecule has 1 atom stereocenters. The number of ketones is 1. The van der Waals surface area contributed by atoms with Gasteiger partial charge in [-0.15, -0.1) is 0 Å². The molecule has 0 radical (unpaired) electrons. The lowest BCUT2D eigenvalue weighted by Crippen LogP contribution is -2.17. The lowest BCUT2D eigenvalue weighted by molar-refractivity contribution is -0.135. The fourth-order valence-corrected chi connectivity index (χ4v) is 2.95. The first-order valence-electron chi connectivity index (χ1n) is 8.94. The third-order valence-electron chi connectivity index (χ3n) is 4.58. The highest BCUT2D eigenvalue weighted by Crippen LogP contribution is 2.24. The van der Waals surface area contributed by atoms with Crippen molar-refractivity contribution in [2.45, 2.75) is 26.7 Å². The van der Waals surface area contributed by atoms with E-state index >= 15 is 0 Å². The predicted molar refractivity (Wildman–Crippen MR) is 106 cm³/mol. The zero-order valence-electron chi connectivity index (χ0n) is 15.7. The van der Waals surface area contributed by atoms with Gasteiger partial charge in [0.15, 0.2) is 5.78 Å². The van der Waals surface area contributed by atoms with Crippen molar-refractivity contribution >= 4 is 11.8 Å². The van der Waals surface area contributed by atoms with Crippen LogP contribution in [-0.4, -0.2) is 11.8 Å². The smallest absolute Gasteiger partial charge is 0.318 e. The lowest BCUT2D eigenvalue weighted by atomic mass is 9.96. The Morgan fingerprint density at radius 2 is 1.52 bits per heavy atom. The highest BCUT2D eigenvalue weighted by atomic mass is 16.5. The van der Waals surface area contributed by atoms with Crippen molar-refractivity contribution in [3.63, 3.8) is 0 Å². The zero-order valence-corrected chi connectivity index (χ0v) is 15.7. The van der Waals surface area contributed by atoms with E-state index in [4.69, 9.17) is 4.74 Å². The van der Waals surface area contributed by atoms with Gasteiger partial charge in [-0.1, -0.05) is 66.2 Å². The van der Waals surface area contributed by atoms with E-state index in [0.717, 1.165) is 16.7 Å². The van der Waals surface area contributed by atoms with Gasteiger partial charge in [-0.05, 0) is 44.0 Å². The number of carbonyl (C=O) groups is 2. The van der Waals surface area contributed by atoms with E-state index in [0.29, 0.717) is 16.9 Å². The summed E-state index contributed by atoms with van der Waals surface area (Å²) in [6, 6.07) is 22.0. The second-order valence-corrected chi connectivity index (χ2v) is 6.73. The first kappa shape index (κ1) is 18.6. The average molecular weight is 358 g/mol. The summed E-state index contributed by atoms with van der Waals surface area (Å²) in [7, 11) is 0. The standard InChI is InChI=1S/C24H22O3/c1-16-12-13-22(17(2)14-16)27-24(26)18(3)20-10-7-11-21(15-20)23(25)19-8-5-4-6-9-19/h4-15,18H,1-3H3/t18-/m1/s1. The Kier molecular flexibility index (Phi) is 5.51. The lowest BCUT2D eigenvalue weighted by Gasteiger charge is -2.14. The van der Waals surface area contributed by atoms with Gasteiger partial charge in [0.2, 0.25) is 0 Å². The van der Waals surface area contributed by atoms with Gasteiger partial charge in [-0.3, -0.25) is 9.59 Å². The van der Waals surface area contributed by atoms with Crippen LogP contribution in [0.3, 0.4) is 0 Å². The van der Waals surface area contributed by atoms with Crippen molar-refractivity contribution in [3.8, 4) is 5.75 Å². The Hall–Kier alpha value is -3.20. The molecule has 0 aromatic heterocycles. The van der Waals surface area contributed by atoms with Gasteiger partial charge < -0.3 is 4.74 Å². The van der Waals surface area contributed by atoms with E-state index in [1.807, 2.05) is 56.3 Å². The van der Waals surface area contributed by atoms with E-state index in [1.54, 1.807) is 37.3 Å². The van der Waals surface area contributed by atoms with Gasteiger partial charge in [-0.25, -0.2) is 0 Å². The maximum atomic E-state index is 12.6. The molecule has 0 aliphatic rings. The molecule has 0 fully saturated rings. The molecular formula is C24H22O3. The minimum absolute atomic E-state index is 0.0626. The molecule has 0 saturated heterocycles. The third-order valence-corrected chi connectivity index (χ3v) is 4.58. The molecular weight excluding hydrogens is 336 g/mol. The Morgan fingerprint density at radius 3 is 2.22 bits per heavy atom. The summed E-state index contributed by atoms with van der Waals surface area (Å²) in [6.07, 6.45) is 0. The molecule has 0 N–H and O–H groups in total. The van der Waals surface area contributed by atoms with E-state index in [2.05, 4.69) is 0 Å². The molecule has 0 spiro atoms. The maximum absolute atomic E-state index is 12.6. The van der Waals surface area contributed by atoms with Crippen LogP contribution in [0.1, 0.15) is 45.5 Å². The van der Waals surface area contributed by atoms with Crippen molar-refractivity contribution in [2.75, 3.05) is 0 Å². The molecule has 27 heavy (non-hydrogen) atoms. The van der Waals surface area contributed by atoms with Gasteiger partial charge in [-0.2, -0.15) is 0 Å². The number of carbonyl (C=O) groups excluding carboxylic acids is 2. The van der Waals surface area contributed by atoms with Gasteiger partial charge in [0.05, 0.1) is 5.92 Å². The number of benzene rings is 3. The van der Waals surface area contributed by atoms with Crippen LogP contribution in [0.2, 0.25) is 0 Å². The summed E-state index contributed by atoms with van der Waals surface area (Å²) in [4.78, 5) is 25.2. The predicted octanol–water partition coefficient (Wildman–Crippen LogP) is 5.24. The first-order chi connectivity index (χ1) is 13.0. The quantitative estimate of drug-likeness (QED) is 0.356. The molecule has 3 nitrogen and oxygen atoms in total. The van der Waals surface area contributed by atoms with E-state index in [1.165, 1.54) is 0 Å². The molecule has 0 bridgehead atoms. The monoisotopic (exact) mass is 358 g/mol. The van der Waals surface area contributed by atoms with E-state index < -0.39 is 5.92 Å². The fourth-order valence-electron chi connectivity index (χ4n) is 2.95. The first-order valence-corrected chi connectivity index (χ1v) is 8.94. The molecule has 3 aromatic rings. The second-order valence-electron chi connectivity index (χ2n) is 6.73. The molecule has 0 saturated carbocycles. The van der Waals surface area contributed by atoms with Crippen molar-refractivity contribution in [1.82, 2.24) is 0 Å². The van der Waals surface area contributed by atoms with Crippen LogP contribution in [0.25, 0.3) is 0 Å². The Labute approximate surface area is 159 Å². The zero-order chi connectivity index (χ0) is 19.4. The van der Waals surface area contributed by atoms with Crippen LogP contribution >= 0.6 is 0 Å². The van der Waals surface area contributed by atoms with Crippen LogP contribution in [0.5, 0.6) is 5.75 Å². The molecule has 0 amide bonds. The van der Waals surface area contributed by atoms with Gasteiger partial charge in [0, 0.05) is 11.1 Å². The van der Waals surface area contributed by atoms with E-state index in [9.17, 15) is 9.59 Å². The van der Waals surface area contributed by atoms with Crippen LogP contribution in [0.15, 0.2) is 72.8 Å². The van der Waals surface area contributed by atoms with Crippen molar-refractivity contribution < 1.29 is 14.3 Å². The van der Waals surface area contributed by atoms with Crippen LogP contribution in [0, 0.1) is 13.8 Å². The molecule has 0 aliphatic heterocycles. The molecule has 3 aromatic carbocycles. The molecule has 0 heterocycles. The number of hydrogen-bond acceptors (Lipinski definition) is 3. The maximum Gasteiger partial charge on any atom is 0.318 e. The Balaban J connectivity index is 1.79.